The van der Waals surface area contributed by atoms with Crippen LogP contribution in [0.1, 0.15) is 19.8 Å². The molecule has 3 nitrogen and oxygen atoms in total. The molecule has 0 saturated carbocycles. The molecule has 0 radical (unpaired) electrons. The van der Waals surface area contributed by atoms with Crippen LogP contribution in [0.3, 0.4) is 0 Å². The van der Waals surface area contributed by atoms with Crippen molar-refractivity contribution in [1.29, 1.82) is 0 Å². The molecule has 0 aliphatic rings. The molecule has 0 aliphatic carbocycles. The van der Waals surface area contributed by atoms with E-state index in [1.165, 1.54) is 0 Å². The Labute approximate surface area is 113 Å². The summed E-state index contributed by atoms with van der Waals surface area (Å²) >= 11 is 0. The molecule has 0 aliphatic heterocycles. The van der Waals surface area contributed by atoms with E-state index in [1.54, 1.807) is 24.3 Å². The van der Waals surface area contributed by atoms with Gasteiger partial charge in [0.1, 0.15) is 5.75 Å². The van der Waals surface area contributed by atoms with Crippen molar-refractivity contribution in [1.82, 2.24) is 0 Å². The van der Waals surface area contributed by atoms with Crippen LogP contribution in [0.2, 0.25) is 0 Å². The van der Waals surface area contributed by atoms with Crippen molar-refractivity contribution in [2.24, 2.45) is 0 Å². The van der Waals surface area contributed by atoms with Crippen molar-refractivity contribution in [3.05, 3.63) is 30.3 Å². The Bertz CT molecular complexity index is 362. The van der Waals surface area contributed by atoms with Crippen LogP contribution in [-0.4, -0.2) is 43.7 Å². The van der Waals surface area contributed by atoms with E-state index < -0.39 is 10.1 Å². The maximum absolute atomic E-state index is 11.3. The third-order valence-corrected chi connectivity index (χ3v) is 2.95. The quantitative estimate of drug-likeness (QED) is 0.577. The van der Waals surface area contributed by atoms with Gasteiger partial charge >= 0.3 is 39.7 Å². The number of rotatable bonds is 5. The first-order valence-corrected chi connectivity index (χ1v) is 6.19. The number of benzene rings is 1. The van der Waals surface area contributed by atoms with Gasteiger partial charge in [0.2, 0.25) is 0 Å². The number of unbranched alkanes of at least 4 members (excludes halogenated alkanes) is 1. The summed E-state index contributed by atoms with van der Waals surface area (Å²) in [5, 5.41) is 0. The monoisotopic (exact) mass is 238 g/mol. The minimum atomic E-state index is -3.40. The molecule has 0 unspecified atom stereocenters. The summed E-state index contributed by atoms with van der Waals surface area (Å²) in [6.45, 7) is 1.94. The van der Waals surface area contributed by atoms with Crippen molar-refractivity contribution in [2.75, 3.05) is 5.75 Å². The van der Waals surface area contributed by atoms with E-state index >= 15 is 0 Å². The molecule has 0 atom stereocenters. The Morgan fingerprint density at radius 2 is 1.80 bits per heavy atom. The molecule has 0 amide bonds. The predicted octanol–water partition coefficient (Wildman–Crippen LogP) is 1.55. The molecular weight excluding hydrogens is 223 g/mol. The molecule has 0 N–H and O–H groups in total. The van der Waals surface area contributed by atoms with Gasteiger partial charge in [0.05, 0.1) is 5.75 Å². The topological polar surface area (TPSA) is 43.4 Å². The first-order valence-electron chi connectivity index (χ1n) is 4.61. The summed E-state index contributed by atoms with van der Waals surface area (Å²) in [5.74, 6) is 0.460. The Kier molecular flexibility index (Phi) is 7.26. The molecule has 1 rings (SSSR count). The molecule has 0 spiro atoms. The molecule has 0 aromatic heterocycles. The summed E-state index contributed by atoms with van der Waals surface area (Å²) in [4.78, 5) is 0. The van der Waals surface area contributed by atoms with E-state index in [0.29, 0.717) is 12.2 Å². The third-order valence-electron chi connectivity index (χ3n) is 1.71. The molecule has 0 saturated heterocycles. The SMILES string of the molecule is CCCCS(=O)(=O)Oc1ccccc1.[NaH]. The second-order valence-electron chi connectivity index (χ2n) is 3.01. The Morgan fingerprint density at radius 3 is 2.33 bits per heavy atom. The Hall–Kier alpha value is -0.0300. The van der Waals surface area contributed by atoms with Crippen LogP contribution in [-0.2, 0) is 10.1 Å². The summed E-state index contributed by atoms with van der Waals surface area (Å²) in [5.41, 5.74) is 0. The van der Waals surface area contributed by atoms with Crippen molar-refractivity contribution < 1.29 is 12.6 Å². The van der Waals surface area contributed by atoms with Gasteiger partial charge in [-0.05, 0) is 18.6 Å². The van der Waals surface area contributed by atoms with Crippen molar-refractivity contribution in [3.8, 4) is 5.75 Å². The fourth-order valence-corrected chi connectivity index (χ4v) is 2.12. The standard InChI is InChI=1S/C10H14O3S.Na.H/c1-2-3-9-14(11,12)13-10-7-5-4-6-8-10;;/h4-8H,2-3,9H2,1H3;;. The van der Waals surface area contributed by atoms with Gasteiger partial charge in [0, 0.05) is 0 Å². The number of hydrogen-bond donors (Lipinski definition) is 0. The number of para-hydroxylation sites is 1. The average molecular weight is 238 g/mol. The third kappa shape index (κ3) is 6.20. The number of hydrogen-bond acceptors (Lipinski definition) is 3. The van der Waals surface area contributed by atoms with E-state index in [-0.39, 0.29) is 35.3 Å². The van der Waals surface area contributed by atoms with Crippen LogP contribution in [0.4, 0.5) is 0 Å². The normalized spacial score (nSPS) is 10.5. The summed E-state index contributed by atoms with van der Waals surface area (Å²) in [7, 11) is -3.40. The van der Waals surface area contributed by atoms with Gasteiger partial charge in [-0.2, -0.15) is 8.42 Å². The summed E-state index contributed by atoms with van der Waals surface area (Å²) < 4.78 is 27.5. The molecular formula is C10H15NaO3S. The van der Waals surface area contributed by atoms with E-state index in [1.807, 2.05) is 13.0 Å². The van der Waals surface area contributed by atoms with Crippen LogP contribution in [0.5, 0.6) is 5.75 Å². The van der Waals surface area contributed by atoms with E-state index in [0.717, 1.165) is 6.42 Å². The average Bonchev–Trinajstić information content (AvgIpc) is 2.16. The van der Waals surface area contributed by atoms with Gasteiger partial charge in [-0.1, -0.05) is 31.5 Å². The van der Waals surface area contributed by atoms with Gasteiger partial charge < -0.3 is 4.18 Å². The second-order valence-corrected chi connectivity index (χ2v) is 4.70. The van der Waals surface area contributed by atoms with Crippen LogP contribution >= 0.6 is 0 Å². The minimum absolute atomic E-state index is 0. The second kappa shape index (κ2) is 7.28. The molecule has 1 aromatic rings. The Balaban J connectivity index is 0.00000196. The summed E-state index contributed by atoms with van der Waals surface area (Å²) in [6.07, 6.45) is 1.48. The molecule has 0 heterocycles. The predicted molar refractivity (Wildman–Crippen MR) is 62.9 cm³/mol. The molecule has 0 bridgehead atoms. The van der Waals surface area contributed by atoms with Gasteiger partial charge in [-0.3, -0.25) is 0 Å². The van der Waals surface area contributed by atoms with Gasteiger partial charge in [0.15, 0.2) is 0 Å². The van der Waals surface area contributed by atoms with Gasteiger partial charge in [0.25, 0.3) is 0 Å². The van der Waals surface area contributed by atoms with E-state index in [9.17, 15) is 8.42 Å². The molecule has 15 heavy (non-hydrogen) atoms. The van der Waals surface area contributed by atoms with Crippen LogP contribution < -0.4 is 4.18 Å². The molecule has 0 fully saturated rings. The summed E-state index contributed by atoms with van der Waals surface area (Å²) in [6, 6.07) is 8.55. The van der Waals surface area contributed by atoms with Crippen molar-refractivity contribution in [2.45, 2.75) is 19.8 Å². The van der Waals surface area contributed by atoms with Gasteiger partial charge in [-0.15, -0.1) is 0 Å². The van der Waals surface area contributed by atoms with Crippen LogP contribution in [0, 0.1) is 0 Å². The molecule has 80 valence electrons. The van der Waals surface area contributed by atoms with Crippen LogP contribution in [0.25, 0.3) is 0 Å². The first-order chi connectivity index (χ1) is 6.64. The van der Waals surface area contributed by atoms with E-state index in [4.69, 9.17) is 4.18 Å². The van der Waals surface area contributed by atoms with E-state index in [2.05, 4.69) is 0 Å². The molecule has 5 heteroatoms. The fourth-order valence-electron chi connectivity index (χ4n) is 0.985. The first kappa shape index (κ1) is 15.0. The van der Waals surface area contributed by atoms with Crippen molar-refractivity contribution >= 4 is 39.7 Å². The van der Waals surface area contributed by atoms with Gasteiger partial charge in [-0.25, -0.2) is 0 Å². The Morgan fingerprint density at radius 1 is 1.20 bits per heavy atom. The maximum atomic E-state index is 11.3. The zero-order chi connectivity index (χ0) is 10.4. The molecule has 1 aromatic carbocycles. The van der Waals surface area contributed by atoms with Crippen molar-refractivity contribution in [3.63, 3.8) is 0 Å². The zero-order valence-corrected chi connectivity index (χ0v) is 8.96. The zero-order valence-electron chi connectivity index (χ0n) is 8.14. The van der Waals surface area contributed by atoms with Crippen LogP contribution in [0.15, 0.2) is 30.3 Å². The fraction of sp³-hybridized carbons (Fsp3) is 0.400.